The fourth-order valence-electron chi connectivity index (χ4n) is 4.08. The van der Waals surface area contributed by atoms with E-state index in [4.69, 9.17) is 4.43 Å². The van der Waals surface area contributed by atoms with Crippen LogP contribution in [0.1, 0.15) is 6.92 Å². The Morgan fingerprint density at radius 3 is 1.12 bits per heavy atom. The molecule has 0 saturated carbocycles. The Labute approximate surface area is 112 Å². The van der Waals surface area contributed by atoms with Gasteiger partial charge in [-0.2, -0.15) is 0 Å². The first kappa shape index (κ1) is 17.4. The van der Waals surface area contributed by atoms with Crippen molar-refractivity contribution in [2.75, 3.05) is 0 Å². The molecule has 0 spiro atoms. The van der Waals surface area contributed by atoms with Gasteiger partial charge in [0.2, 0.25) is 6.87 Å². The van der Waals surface area contributed by atoms with Crippen LogP contribution in [0.2, 0.25) is 58.9 Å². The molecule has 0 atom stereocenters. The highest BCUT2D eigenvalue weighted by molar-refractivity contribution is 7.87. The fraction of sp³-hybridized carbons (Fsp3) is 0.833. The first-order chi connectivity index (χ1) is 7.31. The van der Waals surface area contributed by atoms with Crippen molar-refractivity contribution in [3.63, 3.8) is 0 Å². The van der Waals surface area contributed by atoms with Crippen LogP contribution >= 0.6 is 0 Å². The van der Waals surface area contributed by atoms with Crippen molar-refractivity contribution < 1.29 is 4.43 Å². The highest BCUT2D eigenvalue weighted by Gasteiger charge is 2.64. The topological polar surface area (TPSA) is 9.23 Å². The third kappa shape index (κ3) is 3.24. The van der Waals surface area contributed by atoms with Crippen molar-refractivity contribution in [1.82, 2.24) is 0 Å². The summed E-state index contributed by atoms with van der Waals surface area (Å²) in [5.41, 5.74) is 0. The van der Waals surface area contributed by atoms with E-state index < -0.39 is 29.6 Å². The molecule has 0 bridgehead atoms. The van der Waals surface area contributed by atoms with Crippen LogP contribution in [-0.4, -0.2) is 29.6 Å². The van der Waals surface area contributed by atoms with Crippen LogP contribution in [0.3, 0.4) is 0 Å². The molecule has 17 heavy (non-hydrogen) atoms. The molecule has 0 amide bonds. The van der Waals surface area contributed by atoms with Crippen LogP contribution in [0.25, 0.3) is 0 Å². The summed E-state index contributed by atoms with van der Waals surface area (Å²) < 4.78 is 6.62. The summed E-state index contributed by atoms with van der Waals surface area (Å²) in [6, 6.07) is 0. The lowest BCUT2D eigenvalue weighted by atomic mass is 10.8. The van der Waals surface area contributed by atoms with E-state index in [-0.39, 0.29) is 0 Å². The second-order valence-electron chi connectivity index (χ2n) is 8.02. The zero-order valence-corrected chi connectivity index (χ0v) is 17.6. The van der Waals surface area contributed by atoms with E-state index in [9.17, 15) is 0 Å². The molecule has 102 valence electrons. The van der Waals surface area contributed by atoms with Crippen molar-refractivity contribution in [3.05, 3.63) is 12.3 Å². The van der Waals surface area contributed by atoms with Crippen molar-refractivity contribution in [2.45, 2.75) is 65.8 Å². The van der Waals surface area contributed by atoms with E-state index in [0.717, 1.165) is 0 Å². The van der Waals surface area contributed by atoms with Crippen molar-refractivity contribution in [3.8, 4) is 0 Å². The molecule has 0 radical (unpaired) electrons. The van der Waals surface area contributed by atoms with E-state index in [1.165, 1.54) is 0 Å². The zero-order valence-electron chi connectivity index (χ0n) is 13.6. The van der Waals surface area contributed by atoms with E-state index in [0.29, 0.717) is 0 Å². The van der Waals surface area contributed by atoms with Gasteiger partial charge in [0, 0.05) is 0 Å². The van der Waals surface area contributed by atoms with Gasteiger partial charge in [-0.25, -0.2) is 0 Å². The monoisotopic (exact) mass is 304 g/mol. The second-order valence-corrected chi connectivity index (χ2v) is 47.5. The lowest BCUT2D eigenvalue weighted by Crippen LogP contribution is -2.83. The van der Waals surface area contributed by atoms with Gasteiger partial charge in [-0.1, -0.05) is 65.0 Å². The van der Waals surface area contributed by atoms with Gasteiger partial charge in [0.1, 0.15) is 0 Å². The van der Waals surface area contributed by atoms with Crippen LogP contribution in [0.15, 0.2) is 12.3 Å². The molecule has 0 aliphatic rings. The van der Waals surface area contributed by atoms with Crippen molar-refractivity contribution >= 4 is 29.6 Å². The molecule has 0 aromatic carbocycles. The Morgan fingerprint density at radius 2 is 0.941 bits per heavy atom. The van der Waals surface area contributed by atoms with Gasteiger partial charge >= 0.3 is 0 Å². The number of hydrogen-bond donors (Lipinski definition) is 0. The Balaban J connectivity index is 5.92. The van der Waals surface area contributed by atoms with Crippen molar-refractivity contribution in [2.24, 2.45) is 0 Å². The molecule has 0 N–H and O–H groups in total. The first-order valence-electron chi connectivity index (χ1n) is 6.60. The Kier molecular flexibility index (Phi) is 5.31. The summed E-state index contributed by atoms with van der Waals surface area (Å²) in [5, 5.41) is 0. The molecule has 0 aliphatic carbocycles. The molecule has 0 rings (SSSR count). The Hall–Kier alpha value is 0.408. The summed E-state index contributed by atoms with van der Waals surface area (Å²) in [4.78, 5) is 0. The van der Waals surface area contributed by atoms with E-state index in [1.54, 1.807) is 0 Å². The molecule has 0 heterocycles. The van der Waals surface area contributed by atoms with Gasteiger partial charge in [0.15, 0.2) is 0 Å². The average molecular weight is 305 g/mol. The molecule has 0 saturated heterocycles. The Bertz CT molecular complexity index is 242. The largest absolute Gasteiger partial charge is 0.558 e. The minimum Gasteiger partial charge on any atom is -0.558 e. The van der Waals surface area contributed by atoms with E-state index >= 15 is 0 Å². The molecule has 0 unspecified atom stereocenters. The van der Waals surface area contributed by atoms with Gasteiger partial charge in [-0.05, 0) is 6.92 Å². The molecule has 0 aromatic heterocycles. The summed E-state index contributed by atoms with van der Waals surface area (Å²) >= 11 is 0. The average Bonchev–Trinajstić information content (AvgIpc) is 1.96. The van der Waals surface area contributed by atoms with Crippen molar-refractivity contribution in [1.29, 1.82) is 0 Å². The highest BCUT2D eigenvalue weighted by Crippen LogP contribution is 2.37. The van der Waals surface area contributed by atoms with E-state index in [2.05, 4.69) is 71.9 Å². The van der Waals surface area contributed by atoms with Gasteiger partial charge in [-0.3, -0.25) is 0 Å². The van der Waals surface area contributed by atoms with Crippen LogP contribution in [-0.2, 0) is 4.43 Å². The predicted octanol–water partition coefficient (Wildman–Crippen LogP) is 4.73. The minimum absolute atomic E-state index is 1.26. The maximum atomic E-state index is 6.62. The second kappa shape index (κ2) is 5.19. The standard InChI is InChI=1S/C12H32OSi4/c1-11-12-13-17(14(2,3)4,15(5,6)7)16(8,9)10/h11-12H,1-10H3/b12-11-. The lowest BCUT2D eigenvalue weighted by Gasteiger charge is -2.55. The molecular weight excluding hydrogens is 272 g/mol. The molecule has 0 fully saturated rings. The summed E-state index contributed by atoms with van der Waals surface area (Å²) in [7, 11) is -3.77. The molecule has 1 nitrogen and oxygen atoms in total. The quantitative estimate of drug-likeness (QED) is 0.527. The fourth-order valence-corrected chi connectivity index (χ4v) is 97.0. The summed E-state index contributed by atoms with van der Waals surface area (Å²) in [6.45, 7) is 23.3. The van der Waals surface area contributed by atoms with Crippen LogP contribution in [0.4, 0.5) is 0 Å². The summed E-state index contributed by atoms with van der Waals surface area (Å²) in [6.07, 6.45) is 4.09. The van der Waals surface area contributed by atoms with Crippen LogP contribution < -0.4 is 0 Å². The highest BCUT2D eigenvalue weighted by atomic mass is 29.9. The number of rotatable bonds is 5. The van der Waals surface area contributed by atoms with E-state index in [1.807, 2.05) is 6.26 Å². The maximum Gasteiger partial charge on any atom is 0.205 e. The minimum atomic E-state index is -1.59. The third-order valence-corrected chi connectivity index (χ3v) is 70.9. The van der Waals surface area contributed by atoms with Crippen LogP contribution in [0, 0.1) is 0 Å². The molecule has 0 aliphatic heterocycles. The lowest BCUT2D eigenvalue weighted by molar-refractivity contribution is 0.506. The van der Waals surface area contributed by atoms with Gasteiger partial charge < -0.3 is 4.43 Å². The predicted molar refractivity (Wildman–Crippen MR) is 91.7 cm³/mol. The third-order valence-electron chi connectivity index (χ3n) is 3.55. The number of allylic oxidation sites excluding steroid dienone is 1. The molecule has 0 aromatic rings. The van der Waals surface area contributed by atoms with Gasteiger partial charge in [-0.15, -0.1) is 0 Å². The molecule has 5 heteroatoms. The number of hydrogen-bond acceptors (Lipinski definition) is 1. The maximum absolute atomic E-state index is 6.62. The first-order valence-corrected chi connectivity index (χ1v) is 22.0. The molecular formula is C12H32OSi4. The normalized spacial score (nSPS) is 15.4. The Morgan fingerprint density at radius 1 is 0.647 bits per heavy atom. The smallest absolute Gasteiger partial charge is 0.205 e. The van der Waals surface area contributed by atoms with Gasteiger partial charge in [0.05, 0.1) is 29.0 Å². The van der Waals surface area contributed by atoms with Gasteiger partial charge in [0.25, 0.3) is 0 Å². The summed E-state index contributed by atoms with van der Waals surface area (Å²) in [5.74, 6) is 0. The van der Waals surface area contributed by atoms with Crippen LogP contribution in [0.5, 0.6) is 0 Å². The SMILES string of the molecule is C/C=C\O[Si]([Si](C)(C)C)([Si](C)(C)C)[Si](C)(C)C. The zero-order chi connectivity index (χ0) is 14.1.